The number of anilines is 1. The number of hydrogen-bond acceptors (Lipinski definition) is 6. The summed E-state index contributed by atoms with van der Waals surface area (Å²) in [6.07, 6.45) is 7.66. The first-order valence-electron chi connectivity index (χ1n) is 9.05. The second-order valence-corrected chi connectivity index (χ2v) is 6.73. The summed E-state index contributed by atoms with van der Waals surface area (Å²) >= 11 is 0. The summed E-state index contributed by atoms with van der Waals surface area (Å²) in [5.41, 5.74) is 1.67. The van der Waals surface area contributed by atoms with Crippen molar-refractivity contribution in [3.05, 3.63) is 60.1 Å². The first-order valence-corrected chi connectivity index (χ1v) is 9.05. The minimum atomic E-state index is 0.000233. The summed E-state index contributed by atoms with van der Waals surface area (Å²) in [7, 11) is 0. The molecule has 0 radical (unpaired) electrons. The standard InChI is InChI=1S/C19H22N6O2/c1-14-17(5-10-27-14)18(26)24-11-15(12-25-16(13-24)4-9-23-25)3-8-22-19-20-6-2-7-21-19/h2,4-7,9-10,15H,3,8,11-13H2,1H3,(H,20,21,22)/t15-/m1/s1. The maximum atomic E-state index is 13.0. The average Bonchev–Trinajstić information content (AvgIpc) is 3.26. The zero-order valence-corrected chi connectivity index (χ0v) is 15.2. The van der Waals surface area contributed by atoms with Gasteiger partial charge in [0.1, 0.15) is 5.76 Å². The fourth-order valence-corrected chi connectivity index (χ4v) is 3.43. The molecule has 4 rings (SSSR count). The van der Waals surface area contributed by atoms with Gasteiger partial charge in [-0.05, 0) is 37.5 Å². The van der Waals surface area contributed by atoms with E-state index in [2.05, 4.69) is 20.4 Å². The maximum absolute atomic E-state index is 13.0. The van der Waals surface area contributed by atoms with Crippen LogP contribution in [0.15, 0.2) is 47.5 Å². The van der Waals surface area contributed by atoms with Crippen LogP contribution in [0.3, 0.4) is 0 Å². The Bertz CT molecular complexity index is 904. The van der Waals surface area contributed by atoms with Crippen molar-refractivity contribution in [2.24, 2.45) is 5.92 Å². The van der Waals surface area contributed by atoms with Gasteiger partial charge in [-0.15, -0.1) is 0 Å². The van der Waals surface area contributed by atoms with Gasteiger partial charge < -0.3 is 14.6 Å². The molecule has 1 N–H and O–H groups in total. The monoisotopic (exact) mass is 366 g/mol. The minimum absolute atomic E-state index is 0.000233. The molecule has 0 saturated carbocycles. The van der Waals surface area contributed by atoms with E-state index in [0.717, 1.165) is 25.2 Å². The van der Waals surface area contributed by atoms with Crippen LogP contribution >= 0.6 is 0 Å². The van der Waals surface area contributed by atoms with E-state index >= 15 is 0 Å². The smallest absolute Gasteiger partial charge is 0.257 e. The van der Waals surface area contributed by atoms with E-state index in [-0.39, 0.29) is 11.8 Å². The van der Waals surface area contributed by atoms with Crippen LogP contribution in [0.4, 0.5) is 5.95 Å². The molecular formula is C19H22N6O2. The van der Waals surface area contributed by atoms with Gasteiger partial charge in [-0.3, -0.25) is 9.48 Å². The van der Waals surface area contributed by atoms with Gasteiger partial charge in [-0.2, -0.15) is 5.10 Å². The summed E-state index contributed by atoms with van der Waals surface area (Å²) in [6, 6.07) is 5.50. The molecule has 1 aliphatic rings. The fourth-order valence-electron chi connectivity index (χ4n) is 3.43. The van der Waals surface area contributed by atoms with Crippen LogP contribution in [0.25, 0.3) is 0 Å². The normalized spacial score (nSPS) is 16.6. The molecule has 8 heteroatoms. The minimum Gasteiger partial charge on any atom is -0.469 e. The number of fused-ring (bicyclic) bond motifs is 1. The van der Waals surface area contributed by atoms with Crippen molar-refractivity contribution in [1.29, 1.82) is 0 Å². The second-order valence-electron chi connectivity index (χ2n) is 6.73. The van der Waals surface area contributed by atoms with Crippen LogP contribution in [0, 0.1) is 12.8 Å². The third-order valence-corrected chi connectivity index (χ3v) is 4.85. The lowest BCUT2D eigenvalue weighted by molar-refractivity contribution is 0.0717. The van der Waals surface area contributed by atoms with E-state index in [0.29, 0.717) is 30.4 Å². The van der Waals surface area contributed by atoms with E-state index in [4.69, 9.17) is 4.42 Å². The van der Waals surface area contributed by atoms with E-state index in [9.17, 15) is 4.79 Å². The molecule has 4 heterocycles. The van der Waals surface area contributed by atoms with Crippen LogP contribution < -0.4 is 5.32 Å². The van der Waals surface area contributed by atoms with Gasteiger partial charge >= 0.3 is 0 Å². The molecule has 3 aromatic heterocycles. The molecule has 3 aromatic rings. The van der Waals surface area contributed by atoms with Crippen molar-refractivity contribution in [1.82, 2.24) is 24.6 Å². The highest BCUT2D eigenvalue weighted by Crippen LogP contribution is 2.21. The third-order valence-electron chi connectivity index (χ3n) is 4.85. The van der Waals surface area contributed by atoms with Gasteiger partial charge in [0, 0.05) is 38.2 Å². The first kappa shape index (κ1) is 17.3. The van der Waals surface area contributed by atoms with Crippen LogP contribution in [-0.2, 0) is 13.1 Å². The average molecular weight is 366 g/mol. The van der Waals surface area contributed by atoms with Gasteiger partial charge in [0.25, 0.3) is 5.91 Å². The van der Waals surface area contributed by atoms with Crippen molar-refractivity contribution in [3.63, 3.8) is 0 Å². The van der Waals surface area contributed by atoms with Crippen molar-refractivity contribution in [2.45, 2.75) is 26.4 Å². The van der Waals surface area contributed by atoms with Crippen molar-refractivity contribution in [3.8, 4) is 0 Å². The summed E-state index contributed by atoms with van der Waals surface area (Å²) in [4.78, 5) is 23.3. The molecule has 27 heavy (non-hydrogen) atoms. The number of rotatable bonds is 5. The Kier molecular flexibility index (Phi) is 4.86. The summed E-state index contributed by atoms with van der Waals surface area (Å²) < 4.78 is 7.31. The van der Waals surface area contributed by atoms with E-state index in [1.165, 1.54) is 0 Å². The third kappa shape index (κ3) is 3.84. The van der Waals surface area contributed by atoms with Crippen LogP contribution in [-0.4, -0.2) is 43.6 Å². The number of nitrogens with one attached hydrogen (secondary N) is 1. The van der Waals surface area contributed by atoms with Crippen LogP contribution in [0.2, 0.25) is 0 Å². The predicted molar refractivity (Wildman–Crippen MR) is 99.0 cm³/mol. The Morgan fingerprint density at radius 1 is 1.26 bits per heavy atom. The van der Waals surface area contributed by atoms with Gasteiger partial charge in [0.2, 0.25) is 5.95 Å². The lowest BCUT2D eigenvalue weighted by atomic mass is 10.0. The molecule has 0 bridgehead atoms. The number of hydrogen-bond donors (Lipinski definition) is 1. The molecule has 140 valence electrons. The molecule has 0 spiro atoms. The van der Waals surface area contributed by atoms with Gasteiger partial charge in [-0.25, -0.2) is 9.97 Å². The van der Waals surface area contributed by atoms with Crippen molar-refractivity contribution >= 4 is 11.9 Å². The fraction of sp³-hybridized carbons (Fsp3) is 0.368. The Morgan fingerprint density at radius 2 is 2.11 bits per heavy atom. The number of aryl methyl sites for hydroxylation is 1. The molecule has 0 aromatic carbocycles. The predicted octanol–water partition coefficient (Wildman–Crippen LogP) is 2.35. The highest BCUT2D eigenvalue weighted by atomic mass is 16.3. The summed E-state index contributed by atoms with van der Waals surface area (Å²) in [6.45, 7) is 4.56. The van der Waals surface area contributed by atoms with E-state index in [1.54, 1.807) is 37.0 Å². The number of furan rings is 1. The molecule has 0 fully saturated rings. The van der Waals surface area contributed by atoms with Crippen LogP contribution in [0.1, 0.15) is 28.2 Å². The van der Waals surface area contributed by atoms with Gasteiger partial charge in [0.15, 0.2) is 0 Å². The van der Waals surface area contributed by atoms with Crippen LogP contribution in [0.5, 0.6) is 0 Å². The lowest BCUT2D eigenvalue weighted by Crippen LogP contribution is -2.34. The lowest BCUT2D eigenvalue weighted by Gasteiger charge is -2.24. The summed E-state index contributed by atoms with van der Waals surface area (Å²) in [5, 5.41) is 7.66. The Hall–Kier alpha value is -3.16. The molecular weight excluding hydrogens is 344 g/mol. The quantitative estimate of drug-likeness (QED) is 0.746. The number of amides is 1. The Labute approximate surface area is 157 Å². The number of aromatic nitrogens is 4. The highest BCUT2D eigenvalue weighted by molar-refractivity contribution is 5.95. The van der Waals surface area contributed by atoms with E-state index in [1.807, 2.05) is 22.6 Å². The van der Waals surface area contributed by atoms with Crippen molar-refractivity contribution < 1.29 is 9.21 Å². The zero-order valence-electron chi connectivity index (χ0n) is 15.2. The SMILES string of the molecule is Cc1occc1C(=O)N1Cc2ccnn2C[C@H](CCNc2ncccn2)C1. The number of carbonyl (C=O) groups excluding carboxylic acids is 1. The maximum Gasteiger partial charge on any atom is 0.257 e. The van der Waals surface area contributed by atoms with Gasteiger partial charge in [-0.1, -0.05) is 0 Å². The Morgan fingerprint density at radius 3 is 2.89 bits per heavy atom. The Balaban J connectivity index is 1.47. The molecule has 1 amide bonds. The summed E-state index contributed by atoms with van der Waals surface area (Å²) in [5.74, 6) is 1.55. The zero-order chi connectivity index (χ0) is 18.6. The molecule has 0 saturated heterocycles. The van der Waals surface area contributed by atoms with Gasteiger partial charge in [0.05, 0.1) is 24.1 Å². The highest BCUT2D eigenvalue weighted by Gasteiger charge is 2.27. The topological polar surface area (TPSA) is 89.1 Å². The van der Waals surface area contributed by atoms with Crippen molar-refractivity contribution in [2.75, 3.05) is 18.4 Å². The first-order chi connectivity index (χ1) is 13.2. The molecule has 8 nitrogen and oxygen atoms in total. The molecule has 0 unspecified atom stereocenters. The molecule has 1 atom stereocenters. The second kappa shape index (κ2) is 7.61. The van der Waals surface area contributed by atoms with E-state index < -0.39 is 0 Å². The number of nitrogens with zero attached hydrogens (tertiary/aromatic N) is 5. The largest absolute Gasteiger partial charge is 0.469 e. The molecule has 1 aliphatic heterocycles. The molecule has 0 aliphatic carbocycles. The number of carbonyl (C=O) groups is 1.